The fourth-order valence-corrected chi connectivity index (χ4v) is 4.33. The van der Waals surface area contributed by atoms with Gasteiger partial charge < -0.3 is 25.0 Å². The van der Waals surface area contributed by atoms with Crippen molar-refractivity contribution < 1.29 is 22.6 Å². The Morgan fingerprint density at radius 1 is 0.968 bits per heavy atom. The maximum absolute atomic E-state index is 13.8. The first-order chi connectivity index (χ1) is 14.9. The zero-order chi connectivity index (χ0) is 21.6. The Bertz CT molecular complexity index is 952. The minimum absolute atomic E-state index is 0.0720. The third kappa shape index (κ3) is 3.85. The largest absolute Gasteiger partial charge is 0.417 e. The quantitative estimate of drug-likeness (QED) is 0.769. The molecule has 0 saturated carbocycles. The van der Waals surface area contributed by atoms with Gasteiger partial charge in [-0.05, 0) is 18.9 Å². The van der Waals surface area contributed by atoms with Crippen molar-refractivity contribution in [3.05, 3.63) is 17.8 Å². The summed E-state index contributed by atoms with van der Waals surface area (Å²) in [5.41, 5.74) is 4.39. The van der Waals surface area contributed by atoms with E-state index >= 15 is 0 Å². The van der Waals surface area contributed by atoms with E-state index < -0.39 is 11.7 Å². The maximum atomic E-state index is 13.8. The van der Waals surface area contributed by atoms with Gasteiger partial charge in [-0.15, -0.1) is 0 Å². The summed E-state index contributed by atoms with van der Waals surface area (Å²) in [5.74, 6) is 0.411. The van der Waals surface area contributed by atoms with Gasteiger partial charge in [-0.1, -0.05) is 0 Å². The molecule has 31 heavy (non-hydrogen) atoms. The molecule has 0 amide bonds. The number of hydrogen-bond donors (Lipinski definition) is 1. The lowest BCUT2D eigenvalue weighted by atomic mass is 10.1. The first-order valence-corrected chi connectivity index (χ1v) is 10.2. The monoisotopic (exact) mass is 437 g/mol. The predicted octanol–water partition coefficient (Wildman–Crippen LogP) is 1.74. The van der Waals surface area contributed by atoms with Crippen LogP contribution in [0, 0.1) is 0 Å². The number of nitrogens with two attached hydrogens (primary N) is 1. The lowest BCUT2D eigenvalue weighted by Crippen LogP contribution is -2.47. The third-order valence-corrected chi connectivity index (χ3v) is 5.85. The van der Waals surface area contributed by atoms with Gasteiger partial charge in [0.2, 0.25) is 11.9 Å². The number of aromatic nitrogens is 4. The van der Waals surface area contributed by atoms with Crippen molar-refractivity contribution in [1.29, 1.82) is 0 Å². The van der Waals surface area contributed by atoms with Crippen LogP contribution in [0.3, 0.4) is 0 Å². The smallest absolute Gasteiger partial charge is 0.384 e. The molecule has 3 saturated heterocycles. The molecule has 0 aromatic carbocycles. The Kier molecular flexibility index (Phi) is 5.05. The molecule has 2 aromatic rings. The average molecular weight is 437 g/mol. The highest BCUT2D eigenvalue weighted by Gasteiger charge is 2.40. The van der Waals surface area contributed by atoms with Gasteiger partial charge in [0.15, 0.2) is 5.82 Å². The Labute approximate surface area is 176 Å². The van der Waals surface area contributed by atoms with E-state index in [0.29, 0.717) is 51.4 Å². The molecule has 3 aliphatic rings. The predicted molar refractivity (Wildman–Crippen MR) is 106 cm³/mol. The Hall–Kier alpha value is -2.73. The molecular weight excluding hydrogens is 415 g/mol. The highest BCUT2D eigenvalue weighted by atomic mass is 19.4. The standard InChI is InChI=1S/C19H22F3N7O2/c20-19(21,22)14-7-15(23)24-8-13(14)16-25-17(28-3-5-30-6-4-28)27-18(26-16)29-11-1-2-12(29)10-31-9-11/h7-8,11-12H,1-6,9-10H2,(H2,23,24). The first kappa shape index (κ1) is 20.2. The average Bonchev–Trinajstić information content (AvgIpc) is 3.02. The van der Waals surface area contributed by atoms with Crippen molar-refractivity contribution in [3.63, 3.8) is 0 Å². The molecule has 2 atom stereocenters. The van der Waals surface area contributed by atoms with E-state index in [2.05, 4.69) is 24.8 Å². The highest BCUT2D eigenvalue weighted by molar-refractivity contribution is 5.65. The number of nitrogen functional groups attached to an aromatic ring is 1. The molecule has 0 radical (unpaired) electrons. The van der Waals surface area contributed by atoms with Crippen molar-refractivity contribution in [2.75, 3.05) is 55.1 Å². The number of rotatable bonds is 3. The van der Waals surface area contributed by atoms with Crippen LogP contribution in [-0.2, 0) is 15.7 Å². The topological polar surface area (TPSA) is 103 Å². The van der Waals surface area contributed by atoms with Gasteiger partial charge >= 0.3 is 6.18 Å². The normalized spacial score (nSPS) is 24.0. The van der Waals surface area contributed by atoms with Crippen molar-refractivity contribution in [2.45, 2.75) is 31.1 Å². The third-order valence-electron chi connectivity index (χ3n) is 5.85. The Morgan fingerprint density at radius 3 is 2.32 bits per heavy atom. The van der Waals surface area contributed by atoms with E-state index in [9.17, 15) is 13.2 Å². The number of morpholine rings is 2. The number of alkyl halides is 3. The van der Waals surface area contributed by atoms with Crippen LogP contribution in [0.2, 0.25) is 0 Å². The van der Waals surface area contributed by atoms with E-state index in [-0.39, 0.29) is 29.3 Å². The second-order valence-electron chi connectivity index (χ2n) is 7.84. The molecule has 2 bridgehead atoms. The summed E-state index contributed by atoms with van der Waals surface area (Å²) < 4.78 is 52.3. The van der Waals surface area contributed by atoms with Gasteiger partial charge in [0, 0.05) is 19.3 Å². The molecule has 12 heteroatoms. The molecule has 3 aliphatic heterocycles. The fourth-order valence-electron chi connectivity index (χ4n) is 4.33. The van der Waals surface area contributed by atoms with Crippen LogP contribution < -0.4 is 15.5 Å². The summed E-state index contributed by atoms with van der Waals surface area (Å²) in [5, 5.41) is 0. The minimum atomic E-state index is -4.63. The molecule has 5 heterocycles. The Balaban J connectivity index is 1.64. The molecule has 2 aromatic heterocycles. The van der Waals surface area contributed by atoms with Gasteiger partial charge in [-0.25, -0.2) is 4.98 Å². The van der Waals surface area contributed by atoms with Crippen molar-refractivity contribution >= 4 is 17.7 Å². The number of fused-ring (bicyclic) bond motifs is 2. The summed E-state index contributed by atoms with van der Waals surface area (Å²) in [4.78, 5) is 21.4. The zero-order valence-electron chi connectivity index (χ0n) is 16.7. The van der Waals surface area contributed by atoms with E-state index in [1.54, 1.807) is 0 Å². The highest BCUT2D eigenvalue weighted by Crippen LogP contribution is 2.38. The summed E-state index contributed by atoms with van der Waals surface area (Å²) in [6.07, 6.45) is -1.70. The zero-order valence-corrected chi connectivity index (χ0v) is 16.7. The number of nitrogens with zero attached hydrogens (tertiary/aromatic N) is 6. The number of anilines is 3. The lowest BCUT2D eigenvalue weighted by molar-refractivity contribution is -0.137. The number of hydrogen-bond acceptors (Lipinski definition) is 9. The van der Waals surface area contributed by atoms with Gasteiger partial charge in [0.25, 0.3) is 0 Å². The van der Waals surface area contributed by atoms with Gasteiger partial charge in [0.05, 0.1) is 49.6 Å². The molecule has 9 nitrogen and oxygen atoms in total. The van der Waals surface area contributed by atoms with E-state index in [1.807, 2.05) is 4.90 Å². The molecule has 0 spiro atoms. The number of ether oxygens (including phenoxy) is 2. The molecule has 2 N–H and O–H groups in total. The van der Waals surface area contributed by atoms with Gasteiger partial charge in [-0.2, -0.15) is 28.1 Å². The summed E-state index contributed by atoms with van der Waals surface area (Å²) in [6.45, 7) is 3.17. The van der Waals surface area contributed by atoms with Crippen molar-refractivity contribution in [2.24, 2.45) is 0 Å². The number of halogens is 3. The summed E-state index contributed by atoms with van der Waals surface area (Å²) in [6, 6.07) is 1.00. The SMILES string of the molecule is Nc1cc(C(F)(F)F)c(-c2nc(N3CCOCC3)nc(N3C4CCC3COC4)n2)cn1. The van der Waals surface area contributed by atoms with Crippen molar-refractivity contribution in [3.8, 4) is 11.4 Å². The second-order valence-corrected chi connectivity index (χ2v) is 7.84. The van der Waals surface area contributed by atoms with E-state index in [1.165, 1.54) is 0 Å². The van der Waals surface area contributed by atoms with Crippen molar-refractivity contribution in [1.82, 2.24) is 19.9 Å². The van der Waals surface area contributed by atoms with Crippen LogP contribution in [0.25, 0.3) is 11.4 Å². The van der Waals surface area contributed by atoms with Gasteiger partial charge in [-0.3, -0.25) is 0 Å². The molecule has 0 aliphatic carbocycles. The molecule has 3 fully saturated rings. The summed E-state index contributed by atoms with van der Waals surface area (Å²) in [7, 11) is 0. The molecule has 2 unspecified atom stereocenters. The van der Waals surface area contributed by atoms with Crippen LogP contribution in [0.1, 0.15) is 18.4 Å². The lowest BCUT2D eigenvalue weighted by Gasteiger charge is -2.35. The van der Waals surface area contributed by atoms with E-state index in [0.717, 1.165) is 25.1 Å². The van der Waals surface area contributed by atoms with E-state index in [4.69, 9.17) is 15.2 Å². The van der Waals surface area contributed by atoms with Crippen LogP contribution in [0.4, 0.5) is 30.9 Å². The van der Waals surface area contributed by atoms with Gasteiger partial charge in [0.1, 0.15) is 5.82 Å². The fraction of sp³-hybridized carbons (Fsp3) is 0.579. The van der Waals surface area contributed by atoms with Crippen LogP contribution in [-0.4, -0.2) is 71.5 Å². The molecule has 166 valence electrons. The second kappa shape index (κ2) is 7.75. The minimum Gasteiger partial charge on any atom is -0.384 e. The first-order valence-electron chi connectivity index (χ1n) is 10.2. The van der Waals surface area contributed by atoms with Crippen LogP contribution in [0.15, 0.2) is 12.3 Å². The Morgan fingerprint density at radius 2 is 1.65 bits per heavy atom. The summed E-state index contributed by atoms with van der Waals surface area (Å²) >= 11 is 0. The maximum Gasteiger partial charge on any atom is 0.417 e. The molecular formula is C19H22F3N7O2. The van der Waals surface area contributed by atoms with Crippen LogP contribution >= 0.6 is 0 Å². The van der Waals surface area contributed by atoms with Crippen LogP contribution in [0.5, 0.6) is 0 Å². The molecule has 5 rings (SSSR count). The number of pyridine rings is 1.